The Kier molecular flexibility index (Phi) is 3.49. The van der Waals surface area contributed by atoms with Gasteiger partial charge < -0.3 is 11.1 Å². The number of fused-ring (bicyclic) bond motifs is 1. The van der Waals surface area contributed by atoms with E-state index in [0.29, 0.717) is 24.6 Å². The van der Waals surface area contributed by atoms with Gasteiger partial charge in [-0.2, -0.15) is 5.10 Å². The van der Waals surface area contributed by atoms with Gasteiger partial charge in [0, 0.05) is 30.3 Å². The molecule has 120 valence electrons. The van der Waals surface area contributed by atoms with Crippen molar-refractivity contribution in [3.63, 3.8) is 0 Å². The summed E-state index contributed by atoms with van der Waals surface area (Å²) in [5, 5.41) is 7.10. The average molecular weight is 319 g/mol. The number of amides is 1. The normalized spacial score (nSPS) is 16.5. The largest absolute Gasteiger partial charge is 0.384 e. The first-order chi connectivity index (χ1) is 11.7. The van der Waals surface area contributed by atoms with Gasteiger partial charge >= 0.3 is 0 Å². The van der Waals surface area contributed by atoms with E-state index in [4.69, 9.17) is 5.73 Å². The number of aromatic nitrogens is 3. The molecular formula is C18H17N5O. The zero-order chi connectivity index (χ0) is 16.5. The van der Waals surface area contributed by atoms with Gasteiger partial charge in [-0.15, -0.1) is 0 Å². The third-order valence-corrected chi connectivity index (χ3v) is 4.29. The fourth-order valence-electron chi connectivity index (χ4n) is 3.21. The highest BCUT2D eigenvalue weighted by atomic mass is 16.1. The van der Waals surface area contributed by atoms with Crippen molar-refractivity contribution in [3.8, 4) is 0 Å². The third kappa shape index (κ3) is 2.62. The molecule has 3 N–H and O–H groups in total. The van der Waals surface area contributed by atoms with Crippen LogP contribution in [0.2, 0.25) is 0 Å². The number of carbonyl (C=O) groups is 1. The van der Waals surface area contributed by atoms with E-state index in [1.165, 1.54) is 0 Å². The summed E-state index contributed by atoms with van der Waals surface area (Å²) in [6, 6.07) is 13.8. The van der Waals surface area contributed by atoms with Gasteiger partial charge in [0.15, 0.2) is 0 Å². The first-order valence-corrected chi connectivity index (χ1v) is 7.82. The molecule has 6 nitrogen and oxygen atoms in total. The number of rotatable bonds is 3. The van der Waals surface area contributed by atoms with Crippen molar-refractivity contribution in [1.29, 1.82) is 0 Å². The molecule has 0 fully saturated rings. The second-order valence-electron chi connectivity index (χ2n) is 5.88. The number of hydrogen-bond acceptors (Lipinski definition) is 4. The topological polar surface area (TPSA) is 85.8 Å². The van der Waals surface area contributed by atoms with Crippen LogP contribution in [-0.2, 0) is 11.3 Å². The Hall–Kier alpha value is -3.15. The minimum Gasteiger partial charge on any atom is -0.384 e. The van der Waals surface area contributed by atoms with Crippen molar-refractivity contribution in [2.75, 3.05) is 11.1 Å². The van der Waals surface area contributed by atoms with E-state index in [0.717, 1.165) is 16.7 Å². The van der Waals surface area contributed by atoms with Crippen LogP contribution in [0.3, 0.4) is 0 Å². The molecule has 0 saturated heterocycles. The van der Waals surface area contributed by atoms with Crippen molar-refractivity contribution >= 4 is 17.5 Å². The minimum atomic E-state index is -0.0421. The molecule has 1 atom stereocenters. The second-order valence-corrected chi connectivity index (χ2v) is 5.88. The number of nitrogens with zero attached hydrogens (tertiary/aromatic N) is 3. The number of anilines is 2. The van der Waals surface area contributed by atoms with E-state index < -0.39 is 0 Å². The number of carbonyl (C=O) groups excluding carboxylic acids is 1. The van der Waals surface area contributed by atoms with Crippen LogP contribution >= 0.6 is 0 Å². The molecule has 0 bridgehead atoms. The Morgan fingerprint density at radius 1 is 1.17 bits per heavy atom. The molecule has 6 heteroatoms. The summed E-state index contributed by atoms with van der Waals surface area (Å²) < 4.78 is 1.88. The molecule has 0 unspecified atom stereocenters. The van der Waals surface area contributed by atoms with Crippen molar-refractivity contribution < 1.29 is 4.79 Å². The van der Waals surface area contributed by atoms with Crippen molar-refractivity contribution in [3.05, 3.63) is 71.5 Å². The first-order valence-electron chi connectivity index (χ1n) is 7.82. The maximum Gasteiger partial charge on any atom is 0.226 e. The molecule has 4 rings (SSSR count). The molecular weight excluding hydrogens is 302 g/mol. The van der Waals surface area contributed by atoms with Crippen LogP contribution in [0.1, 0.15) is 29.0 Å². The standard InChI is InChI=1S/C18H17N5O/c19-16-7-6-14-15(10-17(24)22-18(14)21-16)13-5-2-1-4-12(13)11-23-9-3-8-20-23/h1-9,15H,10-11H2,(H3,19,21,22,24)/t15-/m0/s1. The third-order valence-electron chi connectivity index (χ3n) is 4.29. The molecule has 1 aliphatic rings. The molecule has 24 heavy (non-hydrogen) atoms. The van der Waals surface area contributed by atoms with Gasteiger partial charge in [-0.1, -0.05) is 30.3 Å². The van der Waals surface area contributed by atoms with Crippen molar-refractivity contribution in [2.24, 2.45) is 0 Å². The van der Waals surface area contributed by atoms with Crippen molar-refractivity contribution in [2.45, 2.75) is 18.9 Å². The van der Waals surface area contributed by atoms with Crippen LogP contribution in [0.5, 0.6) is 0 Å². The Bertz CT molecular complexity index is 888. The number of hydrogen-bond donors (Lipinski definition) is 2. The highest BCUT2D eigenvalue weighted by Crippen LogP contribution is 2.38. The Morgan fingerprint density at radius 2 is 2.04 bits per heavy atom. The van der Waals surface area contributed by atoms with E-state index in [9.17, 15) is 4.79 Å². The number of nitrogens with one attached hydrogen (secondary N) is 1. The highest BCUT2D eigenvalue weighted by Gasteiger charge is 2.29. The van der Waals surface area contributed by atoms with Gasteiger partial charge in [0.1, 0.15) is 11.6 Å². The minimum absolute atomic E-state index is 0.0337. The van der Waals surface area contributed by atoms with E-state index in [1.54, 1.807) is 12.3 Å². The monoisotopic (exact) mass is 319 g/mol. The zero-order valence-electron chi connectivity index (χ0n) is 13.0. The van der Waals surface area contributed by atoms with Crippen LogP contribution in [-0.4, -0.2) is 20.7 Å². The second kappa shape index (κ2) is 5.81. The van der Waals surface area contributed by atoms with Gasteiger partial charge in [-0.3, -0.25) is 9.48 Å². The average Bonchev–Trinajstić information content (AvgIpc) is 3.07. The lowest BCUT2D eigenvalue weighted by atomic mass is 9.84. The summed E-state index contributed by atoms with van der Waals surface area (Å²) in [6.45, 7) is 0.666. The Labute approximate surface area is 139 Å². The Morgan fingerprint density at radius 3 is 2.88 bits per heavy atom. The molecule has 1 aliphatic heterocycles. The van der Waals surface area contributed by atoms with Crippen LogP contribution in [0.15, 0.2) is 54.9 Å². The summed E-state index contributed by atoms with van der Waals surface area (Å²) in [6.07, 6.45) is 4.09. The van der Waals surface area contributed by atoms with E-state index in [-0.39, 0.29) is 11.8 Å². The fourth-order valence-corrected chi connectivity index (χ4v) is 3.21. The fraction of sp³-hybridized carbons (Fsp3) is 0.167. The Balaban J connectivity index is 1.78. The smallest absolute Gasteiger partial charge is 0.226 e. The van der Waals surface area contributed by atoms with Crippen molar-refractivity contribution in [1.82, 2.24) is 14.8 Å². The van der Waals surface area contributed by atoms with E-state index in [2.05, 4.69) is 27.5 Å². The lowest BCUT2D eigenvalue weighted by Gasteiger charge is -2.27. The lowest BCUT2D eigenvalue weighted by molar-refractivity contribution is -0.116. The molecule has 2 aromatic heterocycles. The summed E-state index contributed by atoms with van der Waals surface area (Å²) in [5.41, 5.74) is 9.02. The molecule has 3 heterocycles. The van der Waals surface area contributed by atoms with Gasteiger partial charge in [-0.25, -0.2) is 4.98 Å². The van der Waals surface area contributed by atoms with Crippen LogP contribution in [0.4, 0.5) is 11.6 Å². The number of benzene rings is 1. The predicted octanol–water partition coefficient (Wildman–Crippen LogP) is 2.38. The van der Waals surface area contributed by atoms with Gasteiger partial charge in [0.2, 0.25) is 5.91 Å². The molecule has 0 radical (unpaired) electrons. The number of pyridine rings is 1. The van der Waals surface area contributed by atoms with E-state index >= 15 is 0 Å². The molecule has 0 spiro atoms. The molecule has 0 saturated carbocycles. The van der Waals surface area contributed by atoms with Crippen LogP contribution in [0, 0.1) is 0 Å². The van der Waals surface area contributed by atoms with Gasteiger partial charge in [0.05, 0.1) is 6.54 Å². The first kappa shape index (κ1) is 14.4. The summed E-state index contributed by atoms with van der Waals surface area (Å²) in [4.78, 5) is 16.4. The zero-order valence-corrected chi connectivity index (χ0v) is 13.0. The quantitative estimate of drug-likeness (QED) is 0.776. The molecule has 3 aromatic rings. The van der Waals surface area contributed by atoms with Gasteiger partial charge in [-0.05, 0) is 23.3 Å². The molecule has 1 aromatic carbocycles. The summed E-state index contributed by atoms with van der Waals surface area (Å²) >= 11 is 0. The highest BCUT2D eigenvalue weighted by molar-refractivity contribution is 5.94. The van der Waals surface area contributed by atoms with E-state index in [1.807, 2.05) is 35.1 Å². The predicted molar refractivity (Wildman–Crippen MR) is 91.5 cm³/mol. The molecule has 0 aliphatic carbocycles. The SMILES string of the molecule is Nc1ccc2c(n1)NC(=O)C[C@H]2c1ccccc1Cn1cccn1. The van der Waals surface area contributed by atoms with Gasteiger partial charge in [0.25, 0.3) is 0 Å². The summed E-state index contributed by atoms with van der Waals surface area (Å²) in [5.74, 6) is 0.887. The number of nitrogen functional groups attached to an aromatic ring is 1. The number of nitrogens with two attached hydrogens (primary N) is 1. The lowest BCUT2D eigenvalue weighted by Crippen LogP contribution is -2.25. The van der Waals surface area contributed by atoms with Crippen LogP contribution in [0.25, 0.3) is 0 Å². The summed E-state index contributed by atoms with van der Waals surface area (Å²) in [7, 11) is 0. The molecule has 1 amide bonds. The maximum atomic E-state index is 12.1. The maximum absolute atomic E-state index is 12.1. The van der Waals surface area contributed by atoms with Crippen LogP contribution < -0.4 is 11.1 Å².